The Balaban J connectivity index is 0.000000720. The van der Waals surface area contributed by atoms with Crippen LogP contribution in [0.2, 0.25) is 0 Å². The highest BCUT2D eigenvalue weighted by Gasteiger charge is 2.14. The number of rotatable bonds is 0. The predicted molar refractivity (Wildman–Crippen MR) is 57.6 cm³/mol. The van der Waals surface area contributed by atoms with Crippen molar-refractivity contribution in [1.82, 2.24) is 4.90 Å². The fourth-order valence-corrected chi connectivity index (χ4v) is 1.94. The molecule has 0 amide bonds. The SMILES string of the molecule is Br.CN1C=CC2=C(CCCC2)C1. The van der Waals surface area contributed by atoms with E-state index in [4.69, 9.17) is 0 Å². The first-order valence-electron chi connectivity index (χ1n) is 4.45. The first-order chi connectivity index (χ1) is 5.36. The van der Waals surface area contributed by atoms with E-state index in [2.05, 4.69) is 24.2 Å². The van der Waals surface area contributed by atoms with Crippen LogP contribution in [0.25, 0.3) is 0 Å². The van der Waals surface area contributed by atoms with E-state index in [1.807, 2.05) is 0 Å². The lowest BCUT2D eigenvalue weighted by Gasteiger charge is -2.26. The van der Waals surface area contributed by atoms with E-state index in [1.54, 1.807) is 11.1 Å². The zero-order valence-electron chi connectivity index (χ0n) is 7.55. The molecule has 12 heavy (non-hydrogen) atoms. The summed E-state index contributed by atoms with van der Waals surface area (Å²) in [5.41, 5.74) is 3.30. The van der Waals surface area contributed by atoms with Crippen LogP contribution in [0.3, 0.4) is 0 Å². The highest BCUT2D eigenvalue weighted by molar-refractivity contribution is 8.93. The third-order valence-electron chi connectivity index (χ3n) is 2.60. The van der Waals surface area contributed by atoms with Crippen molar-refractivity contribution in [3.8, 4) is 0 Å². The Morgan fingerprint density at radius 3 is 2.83 bits per heavy atom. The zero-order valence-corrected chi connectivity index (χ0v) is 9.26. The van der Waals surface area contributed by atoms with Gasteiger partial charge in [0.1, 0.15) is 0 Å². The second kappa shape index (κ2) is 4.13. The lowest BCUT2D eigenvalue weighted by molar-refractivity contribution is 0.464. The average Bonchev–Trinajstić information content (AvgIpc) is 2.04. The normalized spacial score (nSPS) is 21.9. The van der Waals surface area contributed by atoms with Crippen LogP contribution in [0.1, 0.15) is 25.7 Å². The van der Waals surface area contributed by atoms with Gasteiger partial charge in [0.2, 0.25) is 0 Å². The third kappa shape index (κ3) is 1.92. The molecule has 0 aromatic heterocycles. The summed E-state index contributed by atoms with van der Waals surface area (Å²) in [4.78, 5) is 2.27. The number of hydrogen-bond donors (Lipinski definition) is 0. The minimum Gasteiger partial charge on any atom is -0.376 e. The van der Waals surface area contributed by atoms with Crippen molar-refractivity contribution in [2.45, 2.75) is 25.7 Å². The van der Waals surface area contributed by atoms with Crippen LogP contribution in [0.4, 0.5) is 0 Å². The summed E-state index contributed by atoms with van der Waals surface area (Å²) < 4.78 is 0. The Kier molecular flexibility index (Phi) is 3.39. The summed E-state index contributed by atoms with van der Waals surface area (Å²) in [5.74, 6) is 0. The van der Waals surface area contributed by atoms with Gasteiger partial charge in [0.25, 0.3) is 0 Å². The second-order valence-electron chi connectivity index (χ2n) is 3.57. The van der Waals surface area contributed by atoms with Crippen LogP contribution in [0.5, 0.6) is 0 Å². The molecule has 1 aliphatic heterocycles. The molecule has 0 atom stereocenters. The Labute approximate surface area is 84.9 Å². The van der Waals surface area contributed by atoms with E-state index in [0.717, 1.165) is 0 Å². The molecule has 2 aliphatic rings. The molecule has 2 heteroatoms. The van der Waals surface area contributed by atoms with Gasteiger partial charge in [0.15, 0.2) is 0 Å². The number of nitrogens with zero attached hydrogens (tertiary/aromatic N) is 1. The van der Waals surface area contributed by atoms with Crippen LogP contribution in [-0.4, -0.2) is 18.5 Å². The Morgan fingerprint density at radius 1 is 1.25 bits per heavy atom. The van der Waals surface area contributed by atoms with E-state index in [9.17, 15) is 0 Å². The highest BCUT2D eigenvalue weighted by Crippen LogP contribution is 2.28. The second-order valence-corrected chi connectivity index (χ2v) is 3.57. The lowest BCUT2D eigenvalue weighted by atomic mass is 9.90. The van der Waals surface area contributed by atoms with E-state index >= 15 is 0 Å². The highest BCUT2D eigenvalue weighted by atomic mass is 79.9. The number of allylic oxidation sites excluding steroid dienone is 2. The van der Waals surface area contributed by atoms with Gasteiger partial charge in [-0.3, -0.25) is 0 Å². The third-order valence-corrected chi connectivity index (χ3v) is 2.60. The fourth-order valence-electron chi connectivity index (χ4n) is 1.94. The maximum absolute atomic E-state index is 2.29. The van der Waals surface area contributed by atoms with Gasteiger partial charge in [-0.25, -0.2) is 0 Å². The van der Waals surface area contributed by atoms with Crippen LogP contribution < -0.4 is 0 Å². The van der Waals surface area contributed by atoms with Crippen molar-refractivity contribution in [1.29, 1.82) is 0 Å². The summed E-state index contributed by atoms with van der Waals surface area (Å²) in [6, 6.07) is 0. The molecule has 0 N–H and O–H groups in total. The van der Waals surface area contributed by atoms with E-state index in [0.29, 0.717) is 0 Å². The average molecular weight is 230 g/mol. The molecule has 0 spiro atoms. The smallest absolute Gasteiger partial charge is 0.0385 e. The van der Waals surface area contributed by atoms with Gasteiger partial charge < -0.3 is 4.90 Å². The van der Waals surface area contributed by atoms with E-state index in [1.165, 1.54) is 32.2 Å². The van der Waals surface area contributed by atoms with Gasteiger partial charge in [0.05, 0.1) is 0 Å². The topological polar surface area (TPSA) is 3.24 Å². The Bertz CT molecular complexity index is 218. The van der Waals surface area contributed by atoms with Gasteiger partial charge in [-0.05, 0) is 49.1 Å². The van der Waals surface area contributed by atoms with Crippen molar-refractivity contribution in [3.05, 3.63) is 23.4 Å². The first kappa shape index (κ1) is 9.85. The molecule has 68 valence electrons. The van der Waals surface area contributed by atoms with Crippen LogP contribution in [0.15, 0.2) is 23.4 Å². The van der Waals surface area contributed by atoms with Crippen molar-refractivity contribution in [3.63, 3.8) is 0 Å². The van der Waals surface area contributed by atoms with Crippen molar-refractivity contribution in [2.75, 3.05) is 13.6 Å². The molecule has 0 aromatic carbocycles. The molecule has 0 bridgehead atoms. The van der Waals surface area contributed by atoms with Gasteiger partial charge in [-0.2, -0.15) is 0 Å². The molecule has 2 rings (SSSR count). The van der Waals surface area contributed by atoms with Gasteiger partial charge in [-0.15, -0.1) is 17.0 Å². The molecule has 0 saturated carbocycles. The van der Waals surface area contributed by atoms with Gasteiger partial charge in [0, 0.05) is 13.6 Å². The molecular weight excluding hydrogens is 214 g/mol. The number of hydrogen-bond acceptors (Lipinski definition) is 1. The van der Waals surface area contributed by atoms with E-state index in [-0.39, 0.29) is 17.0 Å². The molecular formula is C10H16BrN. The Morgan fingerprint density at radius 2 is 2.00 bits per heavy atom. The van der Waals surface area contributed by atoms with Gasteiger partial charge in [-0.1, -0.05) is 0 Å². The largest absolute Gasteiger partial charge is 0.376 e. The maximum Gasteiger partial charge on any atom is 0.0385 e. The molecule has 0 radical (unpaired) electrons. The van der Waals surface area contributed by atoms with Crippen LogP contribution in [0, 0.1) is 0 Å². The number of halogens is 1. The minimum absolute atomic E-state index is 0. The lowest BCUT2D eigenvalue weighted by Crippen LogP contribution is -2.20. The van der Waals surface area contributed by atoms with E-state index < -0.39 is 0 Å². The molecule has 1 heterocycles. The zero-order chi connectivity index (χ0) is 7.68. The molecule has 1 aliphatic carbocycles. The standard InChI is InChI=1S/C10H15N.BrH/c1-11-7-6-9-4-2-3-5-10(9)8-11;/h6-7H,2-5,8H2,1H3;1H. The van der Waals surface area contributed by atoms with Crippen LogP contribution >= 0.6 is 17.0 Å². The molecule has 0 aromatic rings. The number of likely N-dealkylation sites (N-methyl/N-ethyl adjacent to an activating group) is 1. The van der Waals surface area contributed by atoms with Crippen molar-refractivity contribution < 1.29 is 0 Å². The summed E-state index contributed by atoms with van der Waals surface area (Å²) in [5, 5.41) is 0. The molecule has 0 unspecified atom stereocenters. The predicted octanol–water partition coefficient (Wildman–Crippen LogP) is 2.89. The summed E-state index contributed by atoms with van der Waals surface area (Å²) in [6.07, 6.45) is 9.94. The van der Waals surface area contributed by atoms with Gasteiger partial charge >= 0.3 is 0 Å². The molecule has 0 saturated heterocycles. The Hall–Kier alpha value is -0.240. The summed E-state index contributed by atoms with van der Waals surface area (Å²) in [6.45, 7) is 1.17. The first-order valence-corrected chi connectivity index (χ1v) is 4.45. The molecule has 1 nitrogen and oxygen atoms in total. The maximum atomic E-state index is 2.29. The monoisotopic (exact) mass is 229 g/mol. The summed E-state index contributed by atoms with van der Waals surface area (Å²) in [7, 11) is 2.15. The van der Waals surface area contributed by atoms with Crippen molar-refractivity contribution >= 4 is 17.0 Å². The summed E-state index contributed by atoms with van der Waals surface area (Å²) >= 11 is 0. The molecule has 0 fully saturated rings. The van der Waals surface area contributed by atoms with Crippen molar-refractivity contribution in [2.24, 2.45) is 0 Å². The fraction of sp³-hybridized carbons (Fsp3) is 0.600. The quantitative estimate of drug-likeness (QED) is 0.618. The van der Waals surface area contributed by atoms with Crippen LogP contribution in [-0.2, 0) is 0 Å². The minimum atomic E-state index is 0.